The summed E-state index contributed by atoms with van der Waals surface area (Å²) in [4.78, 5) is 25.8. The van der Waals surface area contributed by atoms with Crippen molar-refractivity contribution >= 4 is 23.2 Å². The highest BCUT2D eigenvalue weighted by molar-refractivity contribution is 5.98. The van der Waals surface area contributed by atoms with E-state index in [9.17, 15) is 9.59 Å². The van der Waals surface area contributed by atoms with E-state index in [4.69, 9.17) is 5.73 Å². The summed E-state index contributed by atoms with van der Waals surface area (Å²) in [6.45, 7) is 4.80. The molecule has 2 amide bonds. The summed E-state index contributed by atoms with van der Waals surface area (Å²) in [5.41, 5.74) is 8.65. The molecule has 22 heavy (non-hydrogen) atoms. The second kappa shape index (κ2) is 7.40. The maximum Gasteiger partial charge on any atom is 0.241 e. The van der Waals surface area contributed by atoms with Crippen molar-refractivity contribution in [3.8, 4) is 0 Å². The zero-order valence-corrected chi connectivity index (χ0v) is 13.4. The zero-order chi connectivity index (χ0) is 16.1. The van der Waals surface area contributed by atoms with Crippen molar-refractivity contribution in [3.63, 3.8) is 0 Å². The minimum absolute atomic E-state index is 0.154. The molecule has 1 atom stereocenters. The van der Waals surface area contributed by atoms with Crippen molar-refractivity contribution in [1.29, 1.82) is 0 Å². The molecule has 120 valence electrons. The van der Waals surface area contributed by atoms with E-state index in [-0.39, 0.29) is 11.8 Å². The maximum absolute atomic E-state index is 12.0. The van der Waals surface area contributed by atoms with E-state index in [1.54, 1.807) is 0 Å². The van der Waals surface area contributed by atoms with Gasteiger partial charge < -0.3 is 16.0 Å². The molecule has 0 aliphatic carbocycles. The van der Waals surface area contributed by atoms with Crippen molar-refractivity contribution in [2.24, 2.45) is 5.73 Å². The number of rotatable bonds is 6. The van der Waals surface area contributed by atoms with Crippen LogP contribution >= 0.6 is 0 Å². The van der Waals surface area contributed by atoms with E-state index in [0.29, 0.717) is 12.8 Å². The van der Waals surface area contributed by atoms with Gasteiger partial charge in [0.25, 0.3) is 0 Å². The number of carbonyl (C=O) groups excluding carboxylic acids is 2. The van der Waals surface area contributed by atoms with Crippen molar-refractivity contribution in [1.82, 2.24) is 0 Å². The Bertz CT molecular complexity index is 557. The lowest BCUT2D eigenvalue weighted by molar-refractivity contribution is -0.119. The molecule has 0 bridgehead atoms. The lowest BCUT2D eigenvalue weighted by Crippen LogP contribution is -2.36. The number of fused-ring (bicyclic) bond motifs is 1. The molecule has 0 fully saturated rings. The van der Waals surface area contributed by atoms with Gasteiger partial charge in [-0.05, 0) is 43.0 Å². The first-order valence-electron chi connectivity index (χ1n) is 8.06. The van der Waals surface area contributed by atoms with Gasteiger partial charge in [-0.1, -0.05) is 20.3 Å². The Kier molecular flexibility index (Phi) is 5.55. The highest BCUT2D eigenvalue weighted by Gasteiger charge is 2.23. The third-order valence-electron chi connectivity index (χ3n) is 3.93. The molecule has 5 nitrogen and oxygen atoms in total. The molecule has 0 spiro atoms. The maximum atomic E-state index is 12.0. The normalized spacial score (nSPS) is 15.4. The number of amides is 2. The summed E-state index contributed by atoms with van der Waals surface area (Å²) in [5, 5.41) is 2.87. The number of aryl methyl sites for hydroxylation is 1. The van der Waals surface area contributed by atoms with Gasteiger partial charge >= 0.3 is 0 Å². The Labute approximate surface area is 131 Å². The van der Waals surface area contributed by atoms with Crippen molar-refractivity contribution in [2.75, 3.05) is 16.8 Å². The van der Waals surface area contributed by atoms with Crippen molar-refractivity contribution in [2.45, 2.75) is 52.0 Å². The van der Waals surface area contributed by atoms with E-state index in [2.05, 4.69) is 12.2 Å². The first kappa shape index (κ1) is 16.5. The Hall–Kier alpha value is -1.88. The van der Waals surface area contributed by atoms with Crippen LogP contribution < -0.4 is 16.0 Å². The Morgan fingerprint density at radius 3 is 2.77 bits per heavy atom. The van der Waals surface area contributed by atoms with E-state index < -0.39 is 6.04 Å². The van der Waals surface area contributed by atoms with Crippen molar-refractivity contribution < 1.29 is 9.59 Å². The van der Waals surface area contributed by atoms with Crippen LogP contribution in [0.15, 0.2) is 18.2 Å². The van der Waals surface area contributed by atoms with Crippen molar-refractivity contribution in [3.05, 3.63) is 23.8 Å². The fourth-order valence-electron chi connectivity index (χ4n) is 2.78. The predicted molar refractivity (Wildman–Crippen MR) is 88.9 cm³/mol. The molecule has 0 saturated heterocycles. The van der Waals surface area contributed by atoms with E-state index in [0.717, 1.165) is 42.7 Å². The van der Waals surface area contributed by atoms with Gasteiger partial charge in [0.2, 0.25) is 11.8 Å². The van der Waals surface area contributed by atoms with Crippen LogP contribution in [-0.2, 0) is 16.0 Å². The van der Waals surface area contributed by atoms with Crippen LogP contribution in [0.4, 0.5) is 11.4 Å². The molecular weight excluding hydrogens is 278 g/mol. The number of hydrogen-bond donors (Lipinski definition) is 2. The van der Waals surface area contributed by atoms with Crippen LogP contribution in [0.5, 0.6) is 0 Å². The molecular formula is C17H25N3O2. The van der Waals surface area contributed by atoms with Gasteiger partial charge in [-0.15, -0.1) is 0 Å². The van der Waals surface area contributed by atoms with Crippen LogP contribution in [0.2, 0.25) is 0 Å². The van der Waals surface area contributed by atoms with Gasteiger partial charge in [0.05, 0.1) is 6.04 Å². The molecule has 1 aliphatic rings. The molecule has 1 aromatic rings. The first-order valence-corrected chi connectivity index (χ1v) is 8.06. The fraction of sp³-hybridized carbons (Fsp3) is 0.529. The number of nitrogens with zero attached hydrogens (tertiary/aromatic N) is 1. The SMILES string of the molecule is CCCC(N)C(=O)Nc1ccc2c(c1)CCC(=O)N2CCC. The Morgan fingerprint density at radius 1 is 1.32 bits per heavy atom. The van der Waals surface area contributed by atoms with Crippen LogP contribution in [0.3, 0.4) is 0 Å². The Morgan fingerprint density at radius 2 is 2.09 bits per heavy atom. The van der Waals surface area contributed by atoms with E-state index in [1.165, 1.54) is 0 Å². The topological polar surface area (TPSA) is 75.4 Å². The third kappa shape index (κ3) is 3.65. The average Bonchev–Trinajstić information content (AvgIpc) is 2.50. The molecule has 0 radical (unpaired) electrons. The molecule has 1 aromatic carbocycles. The predicted octanol–water partition coefficient (Wildman–Crippen LogP) is 2.44. The van der Waals surface area contributed by atoms with Gasteiger partial charge in [-0.25, -0.2) is 0 Å². The number of carbonyl (C=O) groups is 2. The lowest BCUT2D eigenvalue weighted by atomic mass is 10.00. The van der Waals surface area contributed by atoms with Gasteiger partial charge in [0.15, 0.2) is 0 Å². The molecule has 0 saturated carbocycles. The fourth-order valence-corrected chi connectivity index (χ4v) is 2.78. The minimum atomic E-state index is -0.473. The first-order chi connectivity index (χ1) is 10.6. The average molecular weight is 303 g/mol. The minimum Gasteiger partial charge on any atom is -0.325 e. The van der Waals surface area contributed by atoms with Gasteiger partial charge in [-0.2, -0.15) is 0 Å². The third-order valence-corrected chi connectivity index (χ3v) is 3.93. The van der Waals surface area contributed by atoms with Crippen LogP contribution in [0.1, 0.15) is 45.1 Å². The summed E-state index contributed by atoms with van der Waals surface area (Å²) < 4.78 is 0. The second-order valence-corrected chi connectivity index (χ2v) is 5.77. The summed E-state index contributed by atoms with van der Waals surface area (Å²) in [7, 11) is 0. The number of nitrogens with one attached hydrogen (secondary N) is 1. The van der Waals surface area contributed by atoms with E-state index in [1.807, 2.05) is 30.0 Å². The number of benzene rings is 1. The lowest BCUT2D eigenvalue weighted by Gasteiger charge is -2.29. The molecule has 3 N–H and O–H groups in total. The number of anilines is 2. The Balaban J connectivity index is 2.14. The summed E-state index contributed by atoms with van der Waals surface area (Å²) >= 11 is 0. The molecule has 0 aromatic heterocycles. The van der Waals surface area contributed by atoms with Crippen LogP contribution in [-0.4, -0.2) is 24.4 Å². The molecule has 1 aliphatic heterocycles. The summed E-state index contributed by atoms with van der Waals surface area (Å²) in [6.07, 6.45) is 3.73. The van der Waals surface area contributed by atoms with Gasteiger partial charge in [0, 0.05) is 24.3 Å². The number of nitrogens with two attached hydrogens (primary N) is 1. The summed E-state index contributed by atoms with van der Waals surface area (Å²) in [6, 6.07) is 5.25. The smallest absolute Gasteiger partial charge is 0.241 e. The zero-order valence-electron chi connectivity index (χ0n) is 13.4. The van der Waals surface area contributed by atoms with Crippen LogP contribution in [0, 0.1) is 0 Å². The standard InChI is InChI=1S/C17H25N3O2/c1-3-5-14(18)17(22)19-13-7-8-15-12(11-13)6-9-16(21)20(15)10-4-2/h7-8,11,14H,3-6,9-10,18H2,1-2H3,(H,19,22). The largest absolute Gasteiger partial charge is 0.325 e. The number of hydrogen-bond acceptors (Lipinski definition) is 3. The van der Waals surface area contributed by atoms with Gasteiger partial charge in [-0.3, -0.25) is 9.59 Å². The molecule has 1 unspecified atom stereocenters. The second-order valence-electron chi connectivity index (χ2n) is 5.77. The summed E-state index contributed by atoms with van der Waals surface area (Å²) in [5.74, 6) is 0.0233. The molecule has 2 rings (SSSR count). The van der Waals surface area contributed by atoms with Crippen LogP contribution in [0.25, 0.3) is 0 Å². The quantitative estimate of drug-likeness (QED) is 0.847. The molecule has 1 heterocycles. The highest BCUT2D eigenvalue weighted by Crippen LogP contribution is 2.30. The monoisotopic (exact) mass is 303 g/mol. The molecule has 5 heteroatoms. The van der Waals surface area contributed by atoms with Gasteiger partial charge in [0.1, 0.15) is 0 Å². The highest BCUT2D eigenvalue weighted by atomic mass is 16.2. The van der Waals surface area contributed by atoms with E-state index >= 15 is 0 Å².